The molecule has 0 saturated carbocycles. The summed E-state index contributed by atoms with van der Waals surface area (Å²) in [5.74, 6) is 0.254. The maximum atomic E-state index is 13.2. The van der Waals surface area contributed by atoms with Crippen molar-refractivity contribution in [1.29, 1.82) is 0 Å². The zero-order valence-corrected chi connectivity index (χ0v) is 21.4. The summed E-state index contributed by atoms with van der Waals surface area (Å²) in [6.07, 6.45) is 8.12. The second-order valence-electron chi connectivity index (χ2n) is 9.72. The van der Waals surface area contributed by atoms with E-state index in [1.807, 2.05) is 42.6 Å². The molecule has 3 aromatic heterocycles. The van der Waals surface area contributed by atoms with Gasteiger partial charge in [-0.2, -0.15) is 5.10 Å². The summed E-state index contributed by atoms with van der Waals surface area (Å²) in [5.41, 5.74) is 6.76. The molecule has 37 heavy (non-hydrogen) atoms. The molecule has 1 aliphatic rings. The van der Waals surface area contributed by atoms with Gasteiger partial charge in [0.1, 0.15) is 11.4 Å². The Morgan fingerprint density at radius 1 is 1.16 bits per heavy atom. The molecule has 186 valence electrons. The quantitative estimate of drug-likeness (QED) is 0.265. The lowest BCUT2D eigenvalue weighted by molar-refractivity contribution is -0.121. The van der Waals surface area contributed by atoms with Gasteiger partial charge < -0.3 is 4.57 Å². The first-order chi connectivity index (χ1) is 18.1. The summed E-state index contributed by atoms with van der Waals surface area (Å²) in [6, 6.07) is 18.4. The van der Waals surface area contributed by atoms with Gasteiger partial charge in [0, 0.05) is 34.1 Å². The van der Waals surface area contributed by atoms with Crippen LogP contribution in [0, 0.1) is 5.92 Å². The number of hydrazone groups is 1. The molecule has 1 N–H and O–H groups in total. The van der Waals surface area contributed by atoms with Crippen LogP contribution >= 0.6 is 11.3 Å². The second kappa shape index (κ2) is 9.78. The van der Waals surface area contributed by atoms with E-state index in [2.05, 4.69) is 45.2 Å². The normalized spacial score (nSPS) is 15.4. The maximum absolute atomic E-state index is 13.2. The zero-order valence-electron chi connectivity index (χ0n) is 20.6. The first kappa shape index (κ1) is 23.4. The maximum Gasteiger partial charge on any atom is 0.262 e. The number of benzene rings is 2. The second-order valence-corrected chi connectivity index (χ2v) is 10.8. The minimum Gasteiger partial charge on any atom is -0.342 e. The van der Waals surface area contributed by atoms with Crippen molar-refractivity contribution >= 4 is 44.6 Å². The van der Waals surface area contributed by atoms with Crippen molar-refractivity contribution in [2.24, 2.45) is 11.0 Å². The lowest BCUT2D eigenvalue weighted by atomic mass is 9.89. The van der Waals surface area contributed by atoms with E-state index in [1.54, 1.807) is 17.6 Å². The zero-order chi connectivity index (χ0) is 25.4. The van der Waals surface area contributed by atoms with Gasteiger partial charge in [-0.15, -0.1) is 11.3 Å². The summed E-state index contributed by atoms with van der Waals surface area (Å²) in [4.78, 5) is 32.4. The van der Waals surface area contributed by atoms with E-state index in [9.17, 15) is 9.59 Å². The lowest BCUT2D eigenvalue weighted by Gasteiger charge is -2.17. The average Bonchev–Trinajstić information content (AvgIpc) is 3.44. The smallest absolute Gasteiger partial charge is 0.262 e. The van der Waals surface area contributed by atoms with Gasteiger partial charge in [0.15, 0.2) is 0 Å². The van der Waals surface area contributed by atoms with E-state index in [4.69, 9.17) is 0 Å². The van der Waals surface area contributed by atoms with E-state index in [0.717, 1.165) is 52.7 Å². The Hall–Kier alpha value is -4.04. The highest BCUT2D eigenvalue weighted by Crippen LogP contribution is 2.35. The van der Waals surface area contributed by atoms with E-state index < -0.39 is 0 Å². The Labute approximate surface area is 218 Å². The number of para-hydroxylation sites is 1. The van der Waals surface area contributed by atoms with Crippen molar-refractivity contribution in [2.75, 3.05) is 0 Å². The molecule has 1 amide bonds. The third-order valence-corrected chi connectivity index (χ3v) is 8.17. The van der Waals surface area contributed by atoms with Gasteiger partial charge >= 0.3 is 0 Å². The number of carbonyl (C=O) groups is 1. The molecule has 0 spiro atoms. The number of thiophene rings is 1. The topological polar surface area (TPSA) is 81.3 Å². The number of carbonyl (C=O) groups excluding carboxylic acids is 1. The summed E-state index contributed by atoms with van der Waals surface area (Å²) in [7, 11) is 0. The van der Waals surface area contributed by atoms with Crippen molar-refractivity contribution in [2.45, 2.75) is 39.3 Å². The van der Waals surface area contributed by atoms with Crippen LogP contribution in [0.1, 0.15) is 34.9 Å². The van der Waals surface area contributed by atoms with Crippen LogP contribution in [-0.2, 0) is 30.7 Å². The number of amides is 1. The molecule has 0 fully saturated rings. The molecular formula is C29H27N5O2S. The first-order valence-corrected chi connectivity index (χ1v) is 13.3. The molecule has 5 aromatic rings. The molecule has 3 heterocycles. The highest BCUT2D eigenvalue weighted by atomic mass is 32.1. The highest BCUT2D eigenvalue weighted by Gasteiger charge is 2.23. The minimum atomic E-state index is -0.370. The molecule has 6 rings (SSSR count). The van der Waals surface area contributed by atoms with Crippen LogP contribution in [-0.4, -0.2) is 26.2 Å². The lowest BCUT2D eigenvalue weighted by Crippen LogP contribution is -2.30. The molecular weight excluding hydrogens is 482 g/mol. The van der Waals surface area contributed by atoms with Gasteiger partial charge in [-0.3, -0.25) is 14.2 Å². The van der Waals surface area contributed by atoms with Crippen molar-refractivity contribution in [3.8, 4) is 0 Å². The van der Waals surface area contributed by atoms with Crippen LogP contribution in [0.25, 0.3) is 21.1 Å². The predicted octanol–water partition coefficient (Wildman–Crippen LogP) is 4.74. The molecule has 1 aliphatic carbocycles. The van der Waals surface area contributed by atoms with Crippen molar-refractivity contribution in [3.05, 3.63) is 99.0 Å². The van der Waals surface area contributed by atoms with Crippen LogP contribution < -0.4 is 11.0 Å². The Bertz CT molecular complexity index is 1700. The standard InChI is InChI=1S/C29H27N5O2S/c1-19-11-12-23-25(13-19)37-28-27(23)29(36)34(18-30-28)17-26(35)32-31-14-21-16-33(15-20-7-3-2-4-8-20)24-10-6-5-9-22(21)24/h2-10,14,16,18-19H,11-13,15,17H2,1H3,(H,32,35)/b31-14+. The molecule has 8 heteroatoms. The Kier molecular flexibility index (Phi) is 6.18. The molecule has 0 saturated heterocycles. The van der Waals surface area contributed by atoms with Gasteiger partial charge in [-0.1, -0.05) is 55.5 Å². The highest BCUT2D eigenvalue weighted by molar-refractivity contribution is 7.18. The summed E-state index contributed by atoms with van der Waals surface area (Å²) >= 11 is 1.61. The van der Waals surface area contributed by atoms with E-state index >= 15 is 0 Å². The first-order valence-electron chi connectivity index (χ1n) is 12.5. The number of aromatic nitrogens is 3. The number of nitrogens with one attached hydrogen (secondary N) is 1. The average molecular weight is 510 g/mol. The predicted molar refractivity (Wildman–Crippen MR) is 148 cm³/mol. The summed E-state index contributed by atoms with van der Waals surface area (Å²) in [6.45, 7) is 2.85. The fourth-order valence-electron chi connectivity index (χ4n) is 5.13. The largest absolute Gasteiger partial charge is 0.342 e. The minimum absolute atomic E-state index is 0.129. The number of aryl methyl sites for hydroxylation is 1. The molecule has 7 nitrogen and oxygen atoms in total. The number of hydrogen-bond donors (Lipinski definition) is 1. The third-order valence-electron chi connectivity index (χ3n) is 7.00. The van der Waals surface area contributed by atoms with Gasteiger partial charge in [0.25, 0.3) is 11.5 Å². The number of hydrogen-bond acceptors (Lipinski definition) is 5. The number of fused-ring (bicyclic) bond motifs is 4. The molecule has 1 unspecified atom stereocenters. The van der Waals surface area contributed by atoms with Crippen molar-refractivity contribution in [3.63, 3.8) is 0 Å². The van der Waals surface area contributed by atoms with Gasteiger partial charge in [-0.25, -0.2) is 10.4 Å². The van der Waals surface area contributed by atoms with E-state index in [-0.39, 0.29) is 18.0 Å². The van der Waals surface area contributed by atoms with Gasteiger partial charge in [-0.05, 0) is 42.4 Å². The monoisotopic (exact) mass is 509 g/mol. The van der Waals surface area contributed by atoms with Crippen LogP contribution in [0.2, 0.25) is 0 Å². The molecule has 1 atom stereocenters. The molecule has 2 aromatic carbocycles. The molecule has 0 bridgehead atoms. The number of nitrogens with zero attached hydrogens (tertiary/aromatic N) is 4. The van der Waals surface area contributed by atoms with Crippen molar-refractivity contribution in [1.82, 2.24) is 19.5 Å². The Morgan fingerprint density at radius 3 is 2.84 bits per heavy atom. The Morgan fingerprint density at radius 2 is 1.97 bits per heavy atom. The van der Waals surface area contributed by atoms with Crippen LogP contribution in [0.15, 0.2) is 77.0 Å². The van der Waals surface area contributed by atoms with Crippen LogP contribution in [0.5, 0.6) is 0 Å². The van der Waals surface area contributed by atoms with E-state index in [0.29, 0.717) is 11.3 Å². The van der Waals surface area contributed by atoms with Gasteiger partial charge in [0.05, 0.1) is 17.9 Å². The number of rotatable bonds is 6. The summed E-state index contributed by atoms with van der Waals surface area (Å²) < 4.78 is 3.56. The van der Waals surface area contributed by atoms with E-state index in [1.165, 1.54) is 21.3 Å². The van der Waals surface area contributed by atoms with Crippen molar-refractivity contribution < 1.29 is 4.79 Å². The summed E-state index contributed by atoms with van der Waals surface area (Å²) in [5, 5.41) is 5.93. The fraction of sp³-hybridized carbons (Fsp3) is 0.241. The fourth-order valence-corrected chi connectivity index (χ4v) is 6.47. The van der Waals surface area contributed by atoms with Gasteiger partial charge in [0.2, 0.25) is 0 Å². The molecule has 0 radical (unpaired) electrons. The molecule has 0 aliphatic heterocycles. The Balaban J connectivity index is 1.19. The van der Waals surface area contributed by atoms with Crippen LogP contribution in [0.4, 0.5) is 0 Å². The van der Waals surface area contributed by atoms with Crippen LogP contribution in [0.3, 0.4) is 0 Å². The SMILES string of the molecule is CC1CCc2c(sc3ncn(CC(=O)N/N=C/c4cn(Cc5ccccc5)c5ccccc45)c(=O)c23)C1. The third kappa shape index (κ3) is 4.60.